The summed E-state index contributed by atoms with van der Waals surface area (Å²) in [6, 6.07) is 11.4. The number of benzene rings is 2. The van der Waals surface area contributed by atoms with Crippen molar-refractivity contribution < 1.29 is 4.79 Å². The number of halogens is 2. The largest absolute Gasteiger partial charge is 0.360 e. The lowest BCUT2D eigenvalue weighted by molar-refractivity contribution is 0.103. The molecule has 0 atom stereocenters. The fourth-order valence-electron chi connectivity index (χ4n) is 2.24. The highest BCUT2D eigenvalue weighted by molar-refractivity contribution is 14.1. The van der Waals surface area contributed by atoms with Gasteiger partial charge in [-0.15, -0.1) is 0 Å². The van der Waals surface area contributed by atoms with Crippen molar-refractivity contribution >= 4 is 50.9 Å². The van der Waals surface area contributed by atoms with Gasteiger partial charge in [-0.3, -0.25) is 4.79 Å². The molecule has 0 aliphatic rings. The lowest BCUT2D eigenvalue weighted by Gasteiger charge is -2.04. The summed E-state index contributed by atoms with van der Waals surface area (Å²) in [5, 5.41) is 1.52. The van der Waals surface area contributed by atoms with Gasteiger partial charge < -0.3 is 4.98 Å². The third-order valence-electron chi connectivity index (χ3n) is 3.25. The van der Waals surface area contributed by atoms with Gasteiger partial charge in [-0.1, -0.05) is 23.2 Å². The highest BCUT2D eigenvalue weighted by Crippen LogP contribution is 2.26. The van der Waals surface area contributed by atoms with E-state index < -0.39 is 0 Å². The predicted molar refractivity (Wildman–Crippen MR) is 90.6 cm³/mol. The number of carbonyl (C=O) groups excluding carboxylic acids is 1. The van der Waals surface area contributed by atoms with Crippen LogP contribution in [0.2, 0.25) is 5.02 Å². The highest BCUT2D eigenvalue weighted by atomic mass is 127. The van der Waals surface area contributed by atoms with Gasteiger partial charge in [0.2, 0.25) is 0 Å². The number of fused-ring (bicyclic) bond motifs is 1. The summed E-state index contributed by atoms with van der Waals surface area (Å²) in [4.78, 5) is 15.9. The Hall–Kier alpha value is -1.33. The molecule has 0 saturated heterocycles. The van der Waals surface area contributed by atoms with Gasteiger partial charge in [0.25, 0.3) is 0 Å². The molecule has 2 aromatic carbocycles. The van der Waals surface area contributed by atoms with Gasteiger partial charge in [-0.05, 0) is 59.8 Å². The van der Waals surface area contributed by atoms with Crippen molar-refractivity contribution in [3.05, 3.63) is 67.9 Å². The van der Waals surface area contributed by atoms with Crippen LogP contribution in [-0.2, 0) is 0 Å². The number of hydrogen-bond acceptors (Lipinski definition) is 1. The van der Waals surface area contributed by atoms with Gasteiger partial charge in [0.15, 0.2) is 5.78 Å². The van der Waals surface area contributed by atoms with E-state index in [1.165, 1.54) is 0 Å². The van der Waals surface area contributed by atoms with Crippen molar-refractivity contribution in [1.29, 1.82) is 0 Å². The second kappa shape index (κ2) is 5.22. The molecule has 1 aromatic heterocycles. The number of ketones is 1. The van der Waals surface area contributed by atoms with Crippen LogP contribution in [0, 0.1) is 10.5 Å². The number of rotatable bonds is 2. The Kier molecular flexibility index (Phi) is 3.56. The van der Waals surface area contributed by atoms with Crippen LogP contribution in [0.5, 0.6) is 0 Å². The first-order chi connectivity index (χ1) is 9.56. The van der Waals surface area contributed by atoms with Crippen LogP contribution in [-0.4, -0.2) is 10.8 Å². The molecule has 0 bridgehead atoms. The van der Waals surface area contributed by atoms with E-state index in [0.717, 1.165) is 20.0 Å². The molecule has 20 heavy (non-hydrogen) atoms. The molecule has 4 heteroatoms. The van der Waals surface area contributed by atoms with Crippen molar-refractivity contribution in [1.82, 2.24) is 4.98 Å². The van der Waals surface area contributed by atoms with Crippen molar-refractivity contribution in [2.45, 2.75) is 6.92 Å². The van der Waals surface area contributed by atoms with Gasteiger partial charge in [0.1, 0.15) is 0 Å². The SMILES string of the molecule is Cc1ccc2[nH]cc(C(=O)c3cc(Cl)ccc3I)c2c1. The maximum Gasteiger partial charge on any atom is 0.196 e. The summed E-state index contributed by atoms with van der Waals surface area (Å²) in [7, 11) is 0. The summed E-state index contributed by atoms with van der Waals surface area (Å²) in [6.07, 6.45) is 1.77. The van der Waals surface area contributed by atoms with Gasteiger partial charge in [0.05, 0.1) is 0 Å². The second-order valence-electron chi connectivity index (χ2n) is 4.70. The molecule has 1 N–H and O–H groups in total. The monoisotopic (exact) mass is 395 g/mol. The maximum atomic E-state index is 12.7. The summed E-state index contributed by atoms with van der Waals surface area (Å²) in [5.41, 5.74) is 3.42. The number of nitrogens with one attached hydrogen (secondary N) is 1. The highest BCUT2D eigenvalue weighted by Gasteiger charge is 2.17. The van der Waals surface area contributed by atoms with Crippen molar-refractivity contribution in [3.63, 3.8) is 0 Å². The van der Waals surface area contributed by atoms with Gasteiger partial charge in [-0.2, -0.15) is 0 Å². The molecule has 0 saturated carbocycles. The zero-order valence-electron chi connectivity index (χ0n) is 10.7. The second-order valence-corrected chi connectivity index (χ2v) is 6.30. The maximum absolute atomic E-state index is 12.7. The molecule has 1 heterocycles. The predicted octanol–water partition coefficient (Wildman–Crippen LogP) is 4.97. The quantitative estimate of drug-likeness (QED) is 0.482. The van der Waals surface area contributed by atoms with E-state index >= 15 is 0 Å². The number of H-pyrrole nitrogens is 1. The normalized spacial score (nSPS) is 10.9. The van der Waals surface area contributed by atoms with Crippen LogP contribution in [0.1, 0.15) is 21.5 Å². The number of aromatic nitrogens is 1. The average molecular weight is 396 g/mol. The zero-order chi connectivity index (χ0) is 14.3. The molecular weight excluding hydrogens is 385 g/mol. The molecular formula is C16H11ClINO. The van der Waals surface area contributed by atoms with E-state index in [1.807, 2.05) is 31.2 Å². The fraction of sp³-hybridized carbons (Fsp3) is 0.0625. The van der Waals surface area contributed by atoms with Crippen LogP contribution < -0.4 is 0 Å². The van der Waals surface area contributed by atoms with Crippen molar-refractivity contribution in [3.8, 4) is 0 Å². The van der Waals surface area contributed by atoms with Gasteiger partial charge in [-0.25, -0.2) is 0 Å². The van der Waals surface area contributed by atoms with Crippen LogP contribution in [0.15, 0.2) is 42.6 Å². The van der Waals surface area contributed by atoms with Gasteiger partial charge >= 0.3 is 0 Å². The van der Waals surface area contributed by atoms with E-state index in [1.54, 1.807) is 18.3 Å². The smallest absolute Gasteiger partial charge is 0.196 e. The van der Waals surface area contributed by atoms with Crippen molar-refractivity contribution in [2.24, 2.45) is 0 Å². The molecule has 100 valence electrons. The lowest BCUT2D eigenvalue weighted by Crippen LogP contribution is -2.03. The number of aryl methyl sites for hydroxylation is 1. The minimum atomic E-state index is -0.00579. The Morgan fingerprint density at radius 3 is 2.75 bits per heavy atom. The number of hydrogen-bond donors (Lipinski definition) is 1. The zero-order valence-corrected chi connectivity index (χ0v) is 13.6. The molecule has 3 aromatic rings. The number of aromatic amines is 1. The van der Waals surface area contributed by atoms with Gasteiger partial charge in [0, 0.05) is 36.8 Å². The fourth-order valence-corrected chi connectivity index (χ4v) is 2.99. The van der Waals surface area contributed by atoms with Crippen LogP contribution in [0.25, 0.3) is 10.9 Å². The van der Waals surface area contributed by atoms with E-state index in [9.17, 15) is 4.79 Å². The first-order valence-electron chi connectivity index (χ1n) is 6.14. The lowest BCUT2D eigenvalue weighted by atomic mass is 10.0. The van der Waals surface area contributed by atoms with E-state index in [2.05, 4.69) is 27.6 Å². The molecule has 0 aliphatic heterocycles. The average Bonchev–Trinajstić information content (AvgIpc) is 2.83. The Bertz CT molecular complexity index is 822. The molecule has 0 amide bonds. The Morgan fingerprint density at radius 2 is 1.95 bits per heavy atom. The molecule has 2 nitrogen and oxygen atoms in total. The van der Waals surface area contributed by atoms with Crippen molar-refractivity contribution in [2.75, 3.05) is 0 Å². The summed E-state index contributed by atoms with van der Waals surface area (Å²) < 4.78 is 0.902. The third kappa shape index (κ3) is 2.36. The Balaban J connectivity index is 2.17. The summed E-state index contributed by atoms with van der Waals surface area (Å²) >= 11 is 8.16. The van der Waals surface area contributed by atoms with Crippen LogP contribution in [0.3, 0.4) is 0 Å². The molecule has 0 aliphatic carbocycles. The van der Waals surface area contributed by atoms with E-state index in [0.29, 0.717) is 16.1 Å². The minimum absolute atomic E-state index is 0.00579. The van der Waals surface area contributed by atoms with E-state index in [4.69, 9.17) is 11.6 Å². The van der Waals surface area contributed by atoms with Crippen LogP contribution in [0.4, 0.5) is 0 Å². The first kappa shape index (κ1) is 13.6. The molecule has 0 unspecified atom stereocenters. The molecule has 0 spiro atoms. The third-order valence-corrected chi connectivity index (χ3v) is 4.43. The Labute approximate surface area is 135 Å². The molecule has 3 rings (SSSR count). The Morgan fingerprint density at radius 1 is 1.15 bits per heavy atom. The topological polar surface area (TPSA) is 32.9 Å². The minimum Gasteiger partial charge on any atom is -0.360 e. The van der Waals surface area contributed by atoms with Crippen LogP contribution >= 0.6 is 34.2 Å². The molecule has 0 fully saturated rings. The number of carbonyl (C=O) groups is 1. The first-order valence-corrected chi connectivity index (χ1v) is 7.59. The summed E-state index contributed by atoms with van der Waals surface area (Å²) in [6.45, 7) is 2.02. The summed E-state index contributed by atoms with van der Waals surface area (Å²) in [5.74, 6) is -0.00579. The van der Waals surface area contributed by atoms with E-state index in [-0.39, 0.29) is 5.78 Å². The standard InChI is InChI=1S/C16H11ClINO/c1-9-2-5-15-11(6-9)13(8-19-15)16(20)12-7-10(17)3-4-14(12)18/h2-8,19H,1H3. The molecule has 0 radical (unpaired) electrons.